The number of aliphatic hydroxyl groups excluding tert-OH is 1. The maximum atomic E-state index is 14.4. The van der Waals surface area contributed by atoms with E-state index in [1.807, 2.05) is 11.0 Å². The van der Waals surface area contributed by atoms with E-state index in [1.54, 1.807) is 48.5 Å². The van der Waals surface area contributed by atoms with Gasteiger partial charge in [0.05, 0.1) is 36.0 Å². The number of nitrogens with one attached hydrogen (secondary N) is 1. The van der Waals surface area contributed by atoms with Gasteiger partial charge in [-0.3, -0.25) is 4.79 Å². The number of nitrogens with zero attached hydrogens (tertiary/aromatic N) is 2. The van der Waals surface area contributed by atoms with E-state index in [0.29, 0.717) is 39.2 Å². The number of ether oxygens (including phenoxy) is 1. The molecule has 1 aliphatic rings. The first kappa shape index (κ1) is 32.0. The predicted octanol–water partition coefficient (Wildman–Crippen LogP) is 7.49. The van der Waals surface area contributed by atoms with Crippen molar-refractivity contribution in [3.8, 4) is 17.2 Å². The summed E-state index contributed by atoms with van der Waals surface area (Å²) in [6.45, 7) is -0.321. The Balaban J connectivity index is 1.73. The highest BCUT2D eigenvalue weighted by atomic mass is 19.4. The summed E-state index contributed by atoms with van der Waals surface area (Å²) in [6, 6.07) is 18.1. The molecule has 1 fully saturated rings. The van der Waals surface area contributed by atoms with Crippen LogP contribution < -0.4 is 10.2 Å². The van der Waals surface area contributed by atoms with Gasteiger partial charge in [-0.1, -0.05) is 43.5 Å². The molecular weight excluding hydrogens is 562 g/mol. The molecule has 0 radical (unpaired) electrons. The molecule has 0 aliphatic heterocycles. The van der Waals surface area contributed by atoms with Crippen LogP contribution in [0.15, 0.2) is 60.7 Å². The number of carbonyl (C=O) groups excluding carboxylic acids is 1. The molecule has 4 rings (SSSR count). The quantitative estimate of drug-likeness (QED) is 0.167. The van der Waals surface area contributed by atoms with E-state index in [0.717, 1.165) is 32.1 Å². The molecule has 3 aromatic rings. The maximum Gasteiger partial charge on any atom is 0.389 e. The lowest BCUT2D eigenvalue weighted by Crippen LogP contribution is -2.38. The molecule has 0 bridgehead atoms. The average Bonchev–Trinajstić information content (AvgIpc) is 2.99. The molecule has 0 aromatic heterocycles. The highest BCUT2D eigenvalue weighted by Crippen LogP contribution is 2.38. The summed E-state index contributed by atoms with van der Waals surface area (Å²) in [6.07, 6.45) is -0.588. The van der Waals surface area contributed by atoms with Crippen LogP contribution in [-0.2, 0) is 22.6 Å². The van der Waals surface area contributed by atoms with Crippen LogP contribution in [0.1, 0.15) is 61.6 Å². The molecule has 228 valence electrons. The van der Waals surface area contributed by atoms with E-state index in [9.17, 15) is 22.4 Å². The predicted molar refractivity (Wildman–Crippen MR) is 157 cm³/mol. The van der Waals surface area contributed by atoms with Gasteiger partial charge >= 0.3 is 6.18 Å². The Hall–Kier alpha value is -3.94. The molecule has 1 saturated carbocycles. The SMILES string of the molecule is N#Cc1ccc(CC(=O)Nc2cc(-c3cc(F)ccc3COCO)ccc2N(CCCC(F)(F)F)C2CCCCC2)cc1. The van der Waals surface area contributed by atoms with Crippen molar-refractivity contribution in [2.24, 2.45) is 0 Å². The molecule has 1 amide bonds. The number of rotatable bonds is 12. The smallest absolute Gasteiger partial charge is 0.371 e. The number of aliphatic hydroxyl groups is 1. The van der Waals surface area contributed by atoms with Gasteiger partial charge in [0.1, 0.15) is 12.6 Å². The lowest BCUT2D eigenvalue weighted by atomic mass is 9.92. The fourth-order valence-electron chi connectivity index (χ4n) is 5.57. The van der Waals surface area contributed by atoms with Crippen molar-refractivity contribution in [1.82, 2.24) is 0 Å². The van der Waals surface area contributed by atoms with Crippen molar-refractivity contribution in [3.63, 3.8) is 0 Å². The first-order chi connectivity index (χ1) is 20.7. The Kier molecular flexibility index (Phi) is 11.1. The zero-order chi connectivity index (χ0) is 30.8. The lowest BCUT2D eigenvalue weighted by molar-refractivity contribution is -0.135. The number of halogens is 4. The molecule has 0 saturated heterocycles. The van der Waals surface area contributed by atoms with Gasteiger partial charge in [0.15, 0.2) is 0 Å². The molecule has 0 spiro atoms. The molecule has 10 heteroatoms. The minimum absolute atomic E-state index is 0.0163. The highest BCUT2D eigenvalue weighted by molar-refractivity contribution is 5.97. The standard InChI is InChI=1S/C33H35F4N3O3/c34-27-13-11-26(21-43-22-41)29(19-27)25-12-14-31(40(16-4-15-33(35,36)37)28-5-2-1-3-6-28)30(18-25)39-32(42)17-23-7-9-24(20-38)10-8-23/h7-14,18-19,28,41H,1-6,15-17,21-22H2,(H,39,42). The van der Waals surface area contributed by atoms with E-state index < -0.39 is 25.2 Å². The van der Waals surface area contributed by atoms with Crippen molar-refractivity contribution < 1.29 is 32.2 Å². The van der Waals surface area contributed by atoms with Gasteiger partial charge < -0.3 is 20.1 Å². The number of hydrogen-bond acceptors (Lipinski definition) is 5. The molecule has 2 N–H and O–H groups in total. The zero-order valence-corrected chi connectivity index (χ0v) is 23.8. The van der Waals surface area contributed by atoms with Crippen LogP contribution >= 0.6 is 0 Å². The number of amides is 1. The number of anilines is 2. The fraction of sp³-hybridized carbons (Fsp3) is 0.394. The van der Waals surface area contributed by atoms with Crippen molar-refractivity contribution in [2.45, 2.75) is 70.2 Å². The third-order valence-electron chi connectivity index (χ3n) is 7.63. The maximum absolute atomic E-state index is 14.4. The number of benzene rings is 3. The van der Waals surface area contributed by atoms with Crippen molar-refractivity contribution in [3.05, 3.63) is 83.2 Å². The third-order valence-corrected chi connectivity index (χ3v) is 7.63. The summed E-state index contributed by atoms with van der Waals surface area (Å²) < 4.78 is 58.8. The Morgan fingerprint density at radius 3 is 2.47 bits per heavy atom. The van der Waals surface area contributed by atoms with Crippen LogP contribution in [0.4, 0.5) is 28.9 Å². The second-order valence-corrected chi connectivity index (χ2v) is 10.7. The van der Waals surface area contributed by atoms with Crippen LogP contribution in [0, 0.1) is 17.1 Å². The monoisotopic (exact) mass is 597 g/mol. The minimum atomic E-state index is -4.27. The Bertz CT molecular complexity index is 1410. The summed E-state index contributed by atoms with van der Waals surface area (Å²) in [4.78, 5) is 15.3. The van der Waals surface area contributed by atoms with Gasteiger partial charge in [-0.15, -0.1) is 0 Å². The average molecular weight is 598 g/mol. The van der Waals surface area contributed by atoms with Crippen molar-refractivity contribution in [1.29, 1.82) is 5.26 Å². The lowest BCUT2D eigenvalue weighted by Gasteiger charge is -2.37. The van der Waals surface area contributed by atoms with Crippen LogP contribution in [-0.4, -0.2) is 36.6 Å². The van der Waals surface area contributed by atoms with Crippen LogP contribution in [0.2, 0.25) is 0 Å². The van der Waals surface area contributed by atoms with E-state index in [2.05, 4.69) is 5.32 Å². The summed E-state index contributed by atoms with van der Waals surface area (Å²) in [5, 5.41) is 21.2. The third kappa shape index (κ3) is 9.27. The Morgan fingerprint density at radius 1 is 1.05 bits per heavy atom. The second kappa shape index (κ2) is 15.0. The number of alkyl halides is 3. The van der Waals surface area contributed by atoms with E-state index in [4.69, 9.17) is 15.1 Å². The molecule has 0 unspecified atom stereocenters. The Morgan fingerprint density at radius 2 is 1.79 bits per heavy atom. The normalized spacial score (nSPS) is 13.9. The minimum Gasteiger partial charge on any atom is -0.371 e. The van der Waals surface area contributed by atoms with Gasteiger partial charge in [0.25, 0.3) is 0 Å². The van der Waals surface area contributed by atoms with Crippen LogP contribution in [0.25, 0.3) is 11.1 Å². The van der Waals surface area contributed by atoms with Gasteiger partial charge in [0, 0.05) is 19.0 Å². The second-order valence-electron chi connectivity index (χ2n) is 10.7. The molecule has 43 heavy (non-hydrogen) atoms. The van der Waals surface area contributed by atoms with E-state index in [-0.39, 0.29) is 37.9 Å². The fourth-order valence-corrected chi connectivity index (χ4v) is 5.57. The molecule has 6 nitrogen and oxygen atoms in total. The first-order valence-corrected chi connectivity index (χ1v) is 14.4. The van der Waals surface area contributed by atoms with Crippen LogP contribution in [0.5, 0.6) is 0 Å². The van der Waals surface area contributed by atoms with Crippen molar-refractivity contribution >= 4 is 17.3 Å². The summed E-state index contributed by atoms with van der Waals surface area (Å²) in [5.41, 5.74) is 3.88. The molecule has 0 atom stereocenters. The van der Waals surface area contributed by atoms with Crippen molar-refractivity contribution in [2.75, 3.05) is 23.6 Å². The summed E-state index contributed by atoms with van der Waals surface area (Å²) >= 11 is 0. The molecule has 0 heterocycles. The molecule has 3 aromatic carbocycles. The largest absolute Gasteiger partial charge is 0.389 e. The van der Waals surface area contributed by atoms with E-state index in [1.165, 1.54) is 12.1 Å². The van der Waals surface area contributed by atoms with Gasteiger partial charge in [-0.2, -0.15) is 18.4 Å². The summed E-state index contributed by atoms with van der Waals surface area (Å²) in [7, 11) is 0. The molecular formula is C33H35F4N3O3. The zero-order valence-electron chi connectivity index (χ0n) is 23.8. The number of nitriles is 1. The topological polar surface area (TPSA) is 85.6 Å². The number of hydrogen-bond donors (Lipinski definition) is 2. The molecule has 1 aliphatic carbocycles. The van der Waals surface area contributed by atoms with Gasteiger partial charge in [-0.05, 0) is 77.9 Å². The Labute approximate surface area is 248 Å². The van der Waals surface area contributed by atoms with Gasteiger partial charge in [-0.25, -0.2) is 4.39 Å². The van der Waals surface area contributed by atoms with Crippen LogP contribution in [0.3, 0.4) is 0 Å². The highest BCUT2D eigenvalue weighted by Gasteiger charge is 2.29. The summed E-state index contributed by atoms with van der Waals surface area (Å²) in [5.74, 6) is -0.820. The van der Waals surface area contributed by atoms with Gasteiger partial charge in [0.2, 0.25) is 5.91 Å². The number of carbonyl (C=O) groups is 1. The van der Waals surface area contributed by atoms with E-state index >= 15 is 0 Å². The first-order valence-electron chi connectivity index (χ1n) is 14.4.